The molecule has 4 rings (SSSR count). The van der Waals surface area contributed by atoms with Crippen LogP contribution < -0.4 is 5.32 Å². The Labute approximate surface area is 196 Å². The summed E-state index contributed by atoms with van der Waals surface area (Å²) in [5.74, 6) is 0.710. The van der Waals surface area contributed by atoms with Crippen LogP contribution in [-0.4, -0.2) is 15.5 Å². The minimum atomic E-state index is -0.101. The van der Waals surface area contributed by atoms with Crippen molar-refractivity contribution >= 4 is 5.91 Å². The van der Waals surface area contributed by atoms with Crippen molar-refractivity contribution < 1.29 is 4.79 Å². The lowest BCUT2D eigenvalue weighted by Crippen LogP contribution is -2.30. The molecular formula is C29H31N3O. The molecule has 4 nitrogen and oxygen atoms in total. The number of aryl methyl sites for hydroxylation is 2. The fourth-order valence-electron chi connectivity index (χ4n) is 4.44. The largest absolute Gasteiger partial charge is 0.344 e. The zero-order valence-corrected chi connectivity index (χ0v) is 19.8. The van der Waals surface area contributed by atoms with Crippen molar-refractivity contribution in [2.24, 2.45) is 0 Å². The van der Waals surface area contributed by atoms with E-state index in [1.165, 1.54) is 0 Å². The highest BCUT2D eigenvalue weighted by Gasteiger charge is 2.26. The molecule has 1 N–H and O–H groups in total. The summed E-state index contributed by atoms with van der Waals surface area (Å²) in [6.07, 6.45) is 0.806. The summed E-state index contributed by atoms with van der Waals surface area (Å²) in [5.41, 5.74) is 6.71. The number of hydrogen-bond donors (Lipinski definition) is 1. The maximum atomic E-state index is 13.8. The molecular weight excluding hydrogens is 406 g/mol. The SMILES string of the molecule is CCC(NC(=O)c1c(-c2cc(C)cc(C)c2)nc(-c2ccccc2)n1CC)c1ccccc1. The van der Waals surface area contributed by atoms with E-state index in [9.17, 15) is 4.79 Å². The molecule has 1 heterocycles. The average Bonchev–Trinajstić information content (AvgIpc) is 3.23. The van der Waals surface area contributed by atoms with Gasteiger partial charge in [0.05, 0.1) is 6.04 Å². The van der Waals surface area contributed by atoms with Gasteiger partial charge in [0.25, 0.3) is 5.91 Å². The van der Waals surface area contributed by atoms with Gasteiger partial charge in [0.2, 0.25) is 0 Å². The van der Waals surface area contributed by atoms with Gasteiger partial charge in [0.15, 0.2) is 0 Å². The maximum Gasteiger partial charge on any atom is 0.270 e. The van der Waals surface area contributed by atoms with E-state index in [-0.39, 0.29) is 11.9 Å². The summed E-state index contributed by atoms with van der Waals surface area (Å²) in [4.78, 5) is 18.8. The molecule has 0 radical (unpaired) electrons. The molecule has 1 amide bonds. The summed E-state index contributed by atoms with van der Waals surface area (Å²) in [5, 5.41) is 3.28. The predicted molar refractivity (Wildman–Crippen MR) is 135 cm³/mol. The second kappa shape index (κ2) is 9.86. The third kappa shape index (κ3) is 4.75. The van der Waals surface area contributed by atoms with E-state index in [1.54, 1.807) is 0 Å². The van der Waals surface area contributed by atoms with Crippen LogP contribution >= 0.6 is 0 Å². The van der Waals surface area contributed by atoms with Crippen molar-refractivity contribution in [1.29, 1.82) is 0 Å². The summed E-state index contributed by atoms with van der Waals surface area (Å²) in [7, 11) is 0. The van der Waals surface area contributed by atoms with Gasteiger partial charge in [-0.1, -0.05) is 84.8 Å². The molecule has 1 unspecified atom stereocenters. The van der Waals surface area contributed by atoms with E-state index >= 15 is 0 Å². The van der Waals surface area contributed by atoms with Gasteiger partial charge in [-0.25, -0.2) is 4.98 Å². The maximum absolute atomic E-state index is 13.8. The molecule has 0 fully saturated rings. The van der Waals surface area contributed by atoms with Crippen LogP contribution in [-0.2, 0) is 6.54 Å². The van der Waals surface area contributed by atoms with Crippen LogP contribution in [0, 0.1) is 13.8 Å². The van der Waals surface area contributed by atoms with Crippen molar-refractivity contribution in [2.75, 3.05) is 0 Å². The van der Waals surface area contributed by atoms with E-state index in [4.69, 9.17) is 4.98 Å². The van der Waals surface area contributed by atoms with Gasteiger partial charge in [0, 0.05) is 17.7 Å². The van der Waals surface area contributed by atoms with Crippen molar-refractivity contribution in [3.63, 3.8) is 0 Å². The number of nitrogens with zero attached hydrogens (tertiary/aromatic N) is 2. The number of imidazole rings is 1. The first-order valence-electron chi connectivity index (χ1n) is 11.6. The van der Waals surface area contributed by atoms with Gasteiger partial charge < -0.3 is 9.88 Å². The number of hydrogen-bond acceptors (Lipinski definition) is 2. The van der Waals surface area contributed by atoms with Gasteiger partial charge in [-0.05, 0) is 44.9 Å². The van der Waals surface area contributed by atoms with Crippen molar-refractivity contribution in [1.82, 2.24) is 14.9 Å². The lowest BCUT2D eigenvalue weighted by atomic mass is 10.0. The lowest BCUT2D eigenvalue weighted by molar-refractivity contribution is 0.0927. The Hall–Kier alpha value is -3.66. The van der Waals surface area contributed by atoms with Crippen LogP contribution in [0.3, 0.4) is 0 Å². The molecule has 3 aromatic carbocycles. The zero-order valence-electron chi connectivity index (χ0n) is 19.8. The highest BCUT2D eigenvalue weighted by atomic mass is 16.2. The zero-order chi connectivity index (χ0) is 23.4. The van der Waals surface area contributed by atoms with Crippen LogP contribution in [0.25, 0.3) is 22.6 Å². The van der Waals surface area contributed by atoms with Gasteiger partial charge in [-0.3, -0.25) is 4.79 Å². The van der Waals surface area contributed by atoms with Crippen LogP contribution in [0.15, 0.2) is 78.9 Å². The molecule has 0 aliphatic rings. The monoisotopic (exact) mass is 437 g/mol. The van der Waals surface area contributed by atoms with Gasteiger partial charge in [-0.2, -0.15) is 0 Å². The van der Waals surface area contributed by atoms with E-state index < -0.39 is 0 Å². The fraction of sp³-hybridized carbons (Fsp3) is 0.241. The number of benzene rings is 3. The number of carbonyl (C=O) groups is 1. The number of rotatable bonds is 7. The van der Waals surface area contributed by atoms with Crippen LogP contribution in [0.4, 0.5) is 0 Å². The number of carbonyl (C=O) groups excluding carboxylic acids is 1. The molecule has 0 aliphatic heterocycles. The minimum Gasteiger partial charge on any atom is -0.344 e. The Morgan fingerprint density at radius 2 is 1.48 bits per heavy atom. The highest BCUT2D eigenvalue weighted by molar-refractivity contribution is 6.00. The molecule has 4 heteroatoms. The van der Waals surface area contributed by atoms with E-state index in [2.05, 4.69) is 63.3 Å². The first-order valence-corrected chi connectivity index (χ1v) is 11.6. The van der Waals surface area contributed by atoms with E-state index in [0.717, 1.165) is 45.8 Å². The Kier molecular flexibility index (Phi) is 6.74. The molecule has 4 aromatic rings. The van der Waals surface area contributed by atoms with Gasteiger partial charge in [0.1, 0.15) is 17.2 Å². The Morgan fingerprint density at radius 1 is 0.879 bits per heavy atom. The molecule has 168 valence electrons. The highest BCUT2D eigenvalue weighted by Crippen LogP contribution is 2.31. The first kappa shape index (κ1) is 22.5. The molecule has 33 heavy (non-hydrogen) atoms. The van der Waals surface area contributed by atoms with Crippen molar-refractivity contribution in [2.45, 2.75) is 46.7 Å². The van der Waals surface area contributed by atoms with Crippen LogP contribution in [0.2, 0.25) is 0 Å². The Balaban J connectivity index is 1.86. The molecule has 0 saturated heterocycles. The van der Waals surface area contributed by atoms with E-state index in [1.807, 2.05) is 53.1 Å². The second-order valence-corrected chi connectivity index (χ2v) is 8.46. The summed E-state index contributed by atoms with van der Waals surface area (Å²) in [6, 6.07) is 26.5. The molecule has 1 atom stereocenters. The van der Waals surface area contributed by atoms with Gasteiger partial charge >= 0.3 is 0 Å². The van der Waals surface area contributed by atoms with Crippen LogP contribution in [0.5, 0.6) is 0 Å². The number of nitrogens with one attached hydrogen (secondary N) is 1. The molecule has 1 aromatic heterocycles. The molecule has 0 bridgehead atoms. The fourth-order valence-corrected chi connectivity index (χ4v) is 4.44. The summed E-state index contributed by atoms with van der Waals surface area (Å²) >= 11 is 0. The smallest absolute Gasteiger partial charge is 0.270 e. The van der Waals surface area contributed by atoms with E-state index in [0.29, 0.717) is 12.2 Å². The van der Waals surface area contributed by atoms with Crippen molar-refractivity contribution in [3.8, 4) is 22.6 Å². The third-order valence-electron chi connectivity index (χ3n) is 5.94. The standard InChI is InChI=1S/C29H31N3O/c1-5-25(22-13-9-7-10-14-22)30-29(33)27-26(24-18-20(3)17-21(4)19-24)31-28(32(27)6-2)23-15-11-8-12-16-23/h7-19,25H,5-6H2,1-4H3,(H,30,33). The summed E-state index contributed by atoms with van der Waals surface area (Å²) < 4.78 is 2.04. The van der Waals surface area contributed by atoms with Crippen LogP contribution in [0.1, 0.15) is 53.5 Å². The minimum absolute atomic E-state index is 0.0637. The molecule has 0 spiro atoms. The number of amides is 1. The lowest BCUT2D eigenvalue weighted by Gasteiger charge is -2.19. The Bertz CT molecular complexity index is 1220. The average molecular weight is 438 g/mol. The number of aromatic nitrogens is 2. The topological polar surface area (TPSA) is 46.9 Å². The molecule has 0 aliphatic carbocycles. The normalized spacial score (nSPS) is 11.9. The first-order chi connectivity index (χ1) is 16.0. The summed E-state index contributed by atoms with van der Waals surface area (Å²) in [6.45, 7) is 8.95. The second-order valence-electron chi connectivity index (χ2n) is 8.46. The third-order valence-corrected chi connectivity index (χ3v) is 5.94. The van der Waals surface area contributed by atoms with Gasteiger partial charge in [-0.15, -0.1) is 0 Å². The predicted octanol–water partition coefficient (Wildman–Crippen LogP) is 6.73. The molecule has 0 saturated carbocycles. The Morgan fingerprint density at radius 3 is 2.06 bits per heavy atom. The van der Waals surface area contributed by atoms with Crippen molar-refractivity contribution in [3.05, 3.63) is 101 Å². The quantitative estimate of drug-likeness (QED) is 0.348.